The maximum absolute atomic E-state index is 12.6. The van der Waals surface area contributed by atoms with E-state index in [0.717, 1.165) is 4.90 Å². The molecule has 2 rings (SSSR count). The summed E-state index contributed by atoms with van der Waals surface area (Å²) in [6.45, 7) is 8.28. The van der Waals surface area contributed by atoms with Crippen molar-refractivity contribution < 1.29 is 9.53 Å². The predicted octanol–water partition coefficient (Wildman–Crippen LogP) is 5.00. The van der Waals surface area contributed by atoms with Crippen LogP contribution in [0.25, 0.3) is 0 Å². The minimum absolute atomic E-state index is 0.116. The van der Waals surface area contributed by atoms with E-state index in [1.165, 1.54) is 0 Å². The van der Waals surface area contributed by atoms with Crippen molar-refractivity contribution in [2.45, 2.75) is 24.0 Å². The highest BCUT2D eigenvalue weighted by molar-refractivity contribution is 8.00. The van der Waals surface area contributed by atoms with E-state index in [9.17, 15) is 4.79 Å². The molecule has 0 aromatic heterocycles. The van der Waals surface area contributed by atoms with Crippen LogP contribution in [-0.4, -0.2) is 17.8 Å². The molecule has 4 heteroatoms. The molecule has 2 aromatic carbocycles. The van der Waals surface area contributed by atoms with Gasteiger partial charge in [0.15, 0.2) is 0 Å². The van der Waals surface area contributed by atoms with E-state index in [4.69, 9.17) is 4.74 Å². The van der Waals surface area contributed by atoms with Gasteiger partial charge in [0.05, 0.1) is 5.56 Å². The average molecular weight is 327 g/mol. The second-order valence-corrected chi connectivity index (χ2v) is 6.86. The molecular weight excluding hydrogens is 306 g/mol. The van der Waals surface area contributed by atoms with Gasteiger partial charge in [0.1, 0.15) is 12.4 Å². The lowest BCUT2D eigenvalue weighted by Crippen LogP contribution is -2.13. The zero-order valence-corrected chi connectivity index (χ0v) is 14.2. The number of benzene rings is 2. The molecule has 0 bridgehead atoms. The first kappa shape index (κ1) is 17.2. The standard InChI is InChI=1S/C19H21NO2S/c1-4-12-22-16-9-7-8-15(13-16)20-19(21)17-10-5-6-11-18(17)23-14(2)3/h4-11,13-14H,1,12H2,2-3H3,(H,20,21). The Balaban J connectivity index is 2.14. The molecule has 1 amide bonds. The van der Waals surface area contributed by atoms with Crippen LogP contribution in [0.4, 0.5) is 5.69 Å². The third-order valence-corrected chi connectivity index (χ3v) is 4.04. The Kier molecular flexibility index (Phi) is 6.29. The lowest BCUT2D eigenvalue weighted by atomic mass is 10.2. The molecule has 0 aliphatic heterocycles. The van der Waals surface area contributed by atoms with Crippen LogP contribution >= 0.6 is 11.8 Å². The molecule has 3 nitrogen and oxygen atoms in total. The second kappa shape index (κ2) is 8.44. The topological polar surface area (TPSA) is 38.3 Å². The third-order valence-electron chi connectivity index (χ3n) is 2.95. The number of thioether (sulfide) groups is 1. The molecule has 0 saturated carbocycles. The fraction of sp³-hybridized carbons (Fsp3) is 0.211. The van der Waals surface area contributed by atoms with E-state index < -0.39 is 0 Å². The molecule has 0 unspecified atom stereocenters. The van der Waals surface area contributed by atoms with Gasteiger partial charge in [0.2, 0.25) is 0 Å². The number of anilines is 1. The lowest BCUT2D eigenvalue weighted by Gasteiger charge is -2.12. The largest absolute Gasteiger partial charge is 0.489 e. The Morgan fingerprint density at radius 3 is 2.78 bits per heavy atom. The number of ether oxygens (including phenoxy) is 1. The third kappa shape index (κ3) is 5.18. The number of hydrogen-bond acceptors (Lipinski definition) is 3. The molecule has 0 aliphatic rings. The van der Waals surface area contributed by atoms with E-state index in [0.29, 0.717) is 28.9 Å². The lowest BCUT2D eigenvalue weighted by molar-refractivity contribution is 0.102. The zero-order valence-electron chi connectivity index (χ0n) is 13.4. The van der Waals surface area contributed by atoms with Crippen molar-refractivity contribution >= 4 is 23.4 Å². The van der Waals surface area contributed by atoms with Gasteiger partial charge in [0.25, 0.3) is 5.91 Å². The molecule has 0 spiro atoms. The Morgan fingerprint density at radius 1 is 1.26 bits per heavy atom. The quantitative estimate of drug-likeness (QED) is 0.574. The van der Waals surface area contributed by atoms with Crippen molar-refractivity contribution in [2.75, 3.05) is 11.9 Å². The maximum Gasteiger partial charge on any atom is 0.256 e. The molecule has 120 valence electrons. The molecule has 1 N–H and O–H groups in total. The molecule has 23 heavy (non-hydrogen) atoms. The molecule has 0 fully saturated rings. The van der Waals surface area contributed by atoms with E-state index in [-0.39, 0.29) is 5.91 Å². The summed E-state index contributed by atoms with van der Waals surface area (Å²) in [4.78, 5) is 13.5. The van der Waals surface area contributed by atoms with Gasteiger partial charge in [-0.1, -0.05) is 44.7 Å². The smallest absolute Gasteiger partial charge is 0.256 e. The van der Waals surface area contributed by atoms with Crippen LogP contribution in [0, 0.1) is 0 Å². The maximum atomic E-state index is 12.6. The molecule has 0 heterocycles. The summed E-state index contributed by atoms with van der Waals surface area (Å²) in [7, 11) is 0. The number of hydrogen-bond donors (Lipinski definition) is 1. The predicted molar refractivity (Wildman–Crippen MR) is 97.5 cm³/mol. The molecule has 0 radical (unpaired) electrons. The SMILES string of the molecule is C=CCOc1cccc(NC(=O)c2ccccc2SC(C)C)c1. The summed E-state index contributed by atoms with van der Waals surface area (Å²) in [5, 5.41) is 3.35. The van der Waals surface area contributed by atoms with Crippen molar-refractivity contribution in [3.63, 3.8) is 0 Å². The van der Waals surface area contributed by atoms with Crippen molar-refractivity contribution in [2.24, 2.45) is 0 Å². The van der Waals surface area contributed by atoms with Gasteiger partial charge in [-0.05, 0) is 24.3 Å². The van der Waals surface area contributed by atoms with Crippen LogP contribution in [0.2, 0.25) is 0 Å². The molecule has 0 aliphatic carbocycles. The van der Waals surface area contributed by atoms with Crippen LogP contribution in [-0.2, 0) is 0 Å². The van der Waals surface area contributed by atoms with Gasteiger partial charge in [-0.15, -0.1) is 11.8 Å². The second-order valence-electron chi connectivity index (χ2n) is 5.24. The van der Waals surface area contributed by atoms with Crippen molar-refractivity contribution in [3.8, 4) is 5.75 Å². The number of amides is 1. The van der Waals surface area contributed by atoms with Gasteiger partial charge >= 0.3 is 0 Å². The van der Waals surface area contributed by atoms with Crippen LogP contribution in [0.3, 0.4) is 0 Å². The minimum Gasteiger partial charge on any atom is -0.489 e. The van der Waals surface area contributed by atoms with Gasteiger partial charge in [-0.3, -0.25) is 4.79 Å². The fourth-order valence-electron chi connectivity index (χ4n) is 2.03. The first-order chi connectivity index (χ1) is 11.1. The number of carbonyl (C=O) groups excluding carboxylic acids is 1. The highest BCUT2D eigenvalue weighted by atomic mass is 32.2. The van der Waals surface area contributed by atoms with Crippen molar-refractivity contribution in [1.82, 2.24) is 0 Å². The molecule has 0 atom stereocenters. The minimum atomic E-state index is -0.116. The average Bonchev–Trinajstić information content (AvgIpc) is 2.53. The Hall–Kier alpha value is -2.20. The molecular formula is C19H21NO2S. The van der Waals surface area contributed by atoms with E-state index in [2.05, 4.69) is 25.7 Å². The van der Waals surface area contributed by atoms with Gasteiger partial charge in [-0.25, -0.2) is 0 Å². The fourth-order valence-corrected chi connectivity index (χ4v) is 2.98. The molecule has 2 aromatic rings. The van der Waals surface area contributed by atoms with Crippen molar-refractivity contribution in [1.29, 1.82) is 0 Å². The summed E-state index contributed by atoms with van der Waals surface area (Å²) in [6.07, 6.45) is 1.69. The van der Waals surface area contributed by atoms with Crippen LogP contribution in [0.5, 0.6) is 5.75 Å². The number of carbonyl (C=O) groups is 1. The molecule has 0 saturated heterocycles. The van der Waals surface area contributed by atoms with E-state index in [1.807, 2.05) is 42.5 Å². The first-order valence-corrected chi connectivity index (χ1v) is 8.39. The number of nitrogens with one attached hydrogen (secondary N) is 1. The van der Waals surface area contributed by atoms with Crippen molar-refractivity contribution in [3.05, 3.63) is 66.7 Å². The number of rotatable bonds is 7. The van der Waals surface area contributed by atoms with Gasteiger partial charge < -0.3 is 10.1 Å². The monoisotopic (exact) mass is 327 g/mol. The summed E-state index contributed by atoms with van der Waals surface area (Å²) < 4.78 is 5.49. The zero-order chi connectivity index (χ0) is 16.7. The van der Waals surface area contributed by atoms with Crippen LogP contribution in [0.15, 0.2) is 66.1 Å². The van der Waals surface area contributed by atoms with Gasteiger partial charge in [-0.2, -0.15) is 0 Å². The summed E-state index contributed by atoms with van der Waals surface area (Å²) in [6, 6.07) is 15.0. The van der Waals surface area contributed by atoms with Crippen LogP contribution in [0.1, 0.15) is 24.2 Å². The Bertz CT molecular complexity index is 683. The Labute approximate surface area is 141 Å². The Morgan fingerprint density at radius 2 is 2.04 bits per heavy atom. The van der Waals surface area contributed by atoms with Gasteiger partial charge in [0, 0.05) is 21.9 Å². The van der Waals surface area contributed by atoms with E-state index in [1.54, 1.807) is 23.9 Å². The highest BCUT2D eigenvalue weighted by Crippen LogP contribution is 2.27. The van der Waals surface area contributed by atoms with E-state index >= 15 is 0 Å². The highest BCUT2D eigenvalue weighted by Gasteiger charge is 2.13. The van der Waals surface area contributed by atoms with Crippen LogP contribution < -0.4 is 10.1 Å². The summed E-state index contributed by atoms with van der Waals surface area (Å²) in [5.41, 5.74) is 1.39. The summed E-state index contributed by atoms with van der Waals surface area (Å²) >= 11 is 1.68. The summed E-state index contributed by atoms with van der Waals surface area (Å²) in [5.74, 6) is 0.585. The normalized spacial score (nSPS) is 10.4. The first-order valence-electron chi connectivity index (χ1n) is 7.51.